The Kier molecular flexibility index (Phi) is 5.87. The van der Waals surface area contributed by atoms with Crippen LogP contribution in [0.15, 0.2) is 30.3 Å². The van der Waals surface area contributed by atoms with Crippen LogP contribution in [0.1, 0.15) is 44.9 Å². The Morgan fingerprint density at radius 2 is 1.95 bits per heavy atom. The largest absolute Gasteiger partial charge is 0.381 e. The van der Waals surface area contributed by atoms with Gasteiger partial charge in [-0.1, -0.05) is 50.3 Å². The van der Waals surface area contributed by atoms with Crippen molar-refractivity contribution >= 4 is 11.7 Å². The zero-order valence-electron chi connectivity index (χ0n) is 11.8. The Hall–Kier alpha value is -1.55. The van der Waals surface area contributed by atoms with E-state index in [1.54, 1.807) is 12.1 Å². The van der Waals surface area contributed by atoms with Gasteiger partial charge >= 0.3 is 5.97 Å². The summed E-state index contributed by atoms with van der Waals surface area (Å²) in [5.41, 5.74) is 3.25. The lowest BCUT2D eigenvalue weighted by atomic mass is 9.85. The van der Waals surface area contributed by atoms with Crippen LogP contribution in [0.4, 0.5) is 5.69 Å². The van der Waals surface area contributed by atoms with Crippen molar-refractivity contribution in [2.24, 2.45) is 5.92 Å². The van der Waals surface area contributed by atoms with Gasteiger partial charge in [-0.15, -0.1) is 0 Å². The Morgan fingerprint density at radius 3 is 2.65 bits per heavy atom. The van der Waals surface area contributed by atoms with Crippen molar-refractivity contribution in [2.75, 3.05) is 5.48 Å². The van der Waals surface area contributed by atoms with E-state index in [1.165, 1.54) is 32.1 Å². The molecule has 1 aromatic carbocycles. The third-order valence-corrected chi connectivity index (χ3v) is 3.89. The third-order valence-electron chi connectivity index (χ3n) is 3.89. The van der Waals surface area contributed by atoms with Crippen LogP contribution in [-0.2, 0) is 9.63 Å². The molecule has 0 heterocycles. The lowest BCUT2D eigenvalue weighted by Gasteiger charge is -2.22. The number of aliphatic hydroxyl groups is 1. The van der Waals surface area contributed by atoms with Crippen molar-refractivity contribution in [3.05, 3.63) is 30.3 Å². The highest BCUT2D eigenvalue weighted by Gasteiger charge is 2.20. The Bertz CT molecular complexity index is 401. The molecule has 0 saturated heterocycles. The average molecular weight is 277 g/mol. The number of anilines is 1. The van der Waals surface area contributed by atoms with Crippen molar-refractivity contribution in [3.8, 4) is 0 Å². The first-order valence-corrected chi connectivity index (χ1v) is 7.45. The van der Waals surface area contributed by atoms with Gasteiger partial charge < -0.3 is 9.94 Å². The van der Waals surface area contributed by atoms with Crippen molar-refractivity contribution in [1.29, 1.82) is 0 Å². The van der Waals surface area contributed by atoms with E-state index in [4.69, 9.17) is 4.84 Å². The van der Waals surface area contributed by atoms with Gasteiger partial charge in [0.15, 0.2) is 6.10 Å². The quantitative estimate of drug-likeness (QED) is 0.783. The molecule has 20 heavy (non-hydrogen) atoms. The van der Waals surface area contributed by atoms with Gasteiger partial charge in [0.05, 0.1) is 5.69 Å². The van der Waals surface area contributed by atoms with Gasteiger partial charge in [0, 0.05) is 0 Å². The molecule has 1 fully saturated rings. The topological polar surface area (TPSA) is 58.6 Å². The highest BCUT2D eigenvalue weighted by Crippen LogP contribution is 2.27. The first kappa shape index (κ1) is 14.9. The van der Waals surface area contributed by atoms with Crippen LogP contribution < -0.4 is 5.48 Å². The van der Waals surface area contributed by atoms with Gasteiger partial charge in [-0.2, -0.15) is 0 Å². The van der Waals surface area contributed by atoms with Crippen LogP contribution in [0.25, 0.3) is 0 Å². The highest BCUT2D eigenvalue weighted by molar-refractivity contribution is 5.75. The highest BCUT2D eigenvalue weighted by atomic mass is 16.7. The third kappa shape index (κ3) is 4.85. The van der Waals surface area contributed by atoms with E-state index in [9.17, 15) is 9.90 Å². The minimum atomic E-state index is -1.03. The van der Waals surface area contributed by atoms with Gasteiger partial charge in [0.25, 0.3) is 0 Å². The summed E-state index contributed by atoms with van der Waals surface area (Å²) in [6.45, 7) is 0. The molecule has 4 heteroatoms. The van der Waals surface area contributed by atoms with E-state index in [2.05, 4.69) is 5.48 Å². The second-order valence-electron chi connectivity index (χ2n) is 5.49. The van der Waals surface area contributed by atoms with Crippen molar-refractivity contribution in [1.82, 2.24) is 0 Å². The van der Waals surface area contributed by atoms with Gasteiger partial charge in [0.1, 0.15) is 0 Å². The van der Waals surface area contributed by atoms with E-state index in [0.717, 1.165) is 6.42 Å². The first-order chi connectivity index (χ1) is 9.75. The fourth-order valence-corrected chi connectivity index (χ4v) is 2.67. The number of aliphatic hydroxyl groups excluding tert-OH is 1. The molecule has 1 atom stereocenters. The van der Waals surface area contributed by atoms with Gasteiger partial charge in [0.2, 0.25) is 0 Å². The molecule has 2 rings (SSSR count). The fourth-order valence-electron chi connectivity index (χ4n) is 2.67. The zero-order chi connectivity index (χ0) is 14.2. The summed E-state index contributed by atoms with van der Waals surface area (Å²) in [4.78, 5) is 16.5. The zero-order valence-corrected chi connectivity index (χ0v) is 11.8. The van der Waals surface area contributed by atoms with Crippen LogP contribution in [0.3, 0.4) is 0 Å². The van der Waals surface area contributed by atoms with Crippen LogP contribution in [0, 0.1) is 5.92 Å². The Labute approximate surface area is 120 Å². The van der Waals surface area contributed by atoms with Crippen molar-refractivity contribution in [2.45, 2.75) is 51.0 Å². The summed E-state index contributed by atoms with van der Waals surface area (Å²) in [7, 11) is 0. The first-order valence-electron chi connectivity index (χ1n) is 7.45. The Balaban J connectivity index is 1.66. The lowest BCUT2D eigenvalue weighted by Crippen LogP contribution is -2.26. The Morgan fingerprint density at radius 1 is 1.25 bits per heavy atom. The van der Waals surface area contributed by atoms with Crippen molar-refractivity contribution in [3.63, 3.8) is 0 Å². The summed E-state index contributed by atoms with van der Waals surface area (Å²) in [5.74, 6) is 0.0537. The normalized spacial score (nSPS) is 17.4. The smallest absolute Gasteiger partial charge is 0.360 e. The summed E-state index contributed by atoms with van der Waals surface area (Å²) in [5, 5.41) is 9.81. The maximum Gasteiger partial charge on any atom is 0.360 e. The molecule has 0 unspecified atom stereocenters. The van der Waals surface area contributed by atoms with Crippen LogP contribution in [0.2, 0.25) is 0 Å². The molecule has 0 aromatic heterocycles. The molecule has 4 nitrogen and oxygen atoms in total. The molecule has 1 aliphatic carbocycles. The number of carbonyl (C=O) groups is 1. The second kappa shape index (κ2) is 7.90. The molecule has 1 saturated carbocycles. The predicted molar refractivity (Wildman–Crippen MR) is 78.0 cm³/mol. The van der Waals surface area contributed by atoms with E-state index in [-0.39, 0.29) is 0 Å². The van der Waals surface area contributed by atoms with E-state index < -0.39 is 12.1 Å². The van der Waals surface area contributed by atoms with Gasteiger partial charge in [-0.05, 0) is 30.9 Å². The average Bonchev–Trinajstić information content (AvgIpc) is 2.52. The molecule has 0 radical (unpaired) electrons. The van der Waals surface area contributed by atoms with E-state index in [1.807, 2.05) is 18.2 Å². The van der Waals surface area contributed by atoms with Crippen LogP contribution >= 0.6 is 0 Å². The van der Waals surface area contributed by atoms with Crippen molar-refractivity contribution < 1.29 is 14.7 Å². The standard InChI is InChI=1S/C16H23NO3/c18-15(12-11-13-7-3-1-4-8-13)16(19)20-17-14-9-5-2-6-10-14/h2,5-6,9-10,13,15,17-18H,1,3-4,7-8,11-12H2/t15-/m0/s1. The van der Waals surface area contributed by atoms with Gasteiger partial charge in [-0.25, -0.2) is 10.3 Å². The maximum atomic E-state index is 11.7. The number of hydrogen-bond acceptors (Lipinski definition) is 4. The molecule has 0 spiro atoms. The molecule has 2 N–H and O–H groups in total. The molecule has 110 valence electrons. The summed E-state index contributed by atoms with van der Waals surface area (Å²) < 4.78 is 0. The number of benzene rings is 1. The van der Waals surface area contributed by atoms with E-state index in [0.29, 0.717) is 18.0 Å². The second-order valence-corrected chi connectivity index (χ2v) is 5.49. The monoisotopic (exact) mass is 277 g/mol. The van der Waals surface area contributed by atoms with Gasteiger partial charge in [-0.3, -0.25) is 0 Å². The lowest BCUT2D eigenvalue weighted by molar-refractivity contribution is -0.150. The minimum Gasteiger partial charge on any atom is -0.381 e. The number of hydrogen-bond donors (Lipinski definition) is 2. The molecular formula is C16H23NO3. The molecule has 0 bridgehead atoms. The number of rotatable bonds is 6. The number of nitrogens with one attached hydrogen (secondary N) is 1. The molecule has 1 aromatic rings. The van der Waals surface area contributed by atoms with E-state index >= 15 is 0 Å². The molecular weight excluding hydrogens is 254 g/mol. The van der Waals surface area contributed by atoms with Crippen LogP contribution in [-0.4, -0.2) is 17.2 Å². The fraction of sp³-hybridized carbons (Fsp3) is 0.562. The minimum absolute atomic E-state index is 0.486. The molecule has 0 amide bonds. The number of carbonyl (C=O) groups excluding carboxylic acids is 1. The summed E-state index contributed by atoms with van der Waals surface area (Å²) >= 11 is 0. The number of para-hydroxylation sites is 1. The molecule has 1 aliphatic rings. The van der Waals surface area contributed by atoms with Crippen LogP contribution in [0.5, 0.6) is 0 Å². The maximum absolute atomic E-state index is 11.7. The summed E-state index contributed by atoms with van der Waals surface area (Å²) in [6.07, 6.45) is 6.69. The SMILES string of the molecule is O=C(ONc1ccccc1)[C@@H](O)CCC1CCCCC1. The predicted octanol–water partition coefficient (Wildman–Crippen LogP) is 3.28. The summed E-state index contributed by atoms with van der Waals surface area (Å²) in [6, 6.07) is 9.15. The molecule has 0 aliphatic heterocycles.